The molecule has 2 N–H and O–H groups in total. The fraction of sp³-hybridized carbons (Fsp3) is 0.227. The zero-order valence-electron chi connectivity index (χ0n) is 17.2. The number of hydrogen-bond acceptors (Lipinski definition) is 5. The molecule has 4 rings (SSSR count). The molecule has 1 fully saturated rings. The Hall–Kier alpha value is -4.08. The number of hydrogen-bond donors (Lipinski definition) is 2. The fourth-order valence-electron chi connectivity index (χ4n) is 3.45. The molecule has 1 aliphatic rings. The Morgan fingerprint density at radius 3 is 2.44 bits per heavy atom. The van der Waals surface area contributed by atoms with Crippen LogP contribution in [0.3, 0.4) is 0 Å². The van der Waals surface area contributed by atoms with E-state index in [9.17, 15) is 18.8 Å². The summed E-state index contributed by atoms with van der Waals surface area (Å²) in [7, 11) is 0. The van der Waals surface area contributed by atoms with Gasteiger partial charge in [-0.25, -0.2) is 14.1 Å². The van der Waals surface area contributed by atoms with Crippen LogP contribution in [0.2, 0.25) is 0 Å². The molecule has 0 aliphatic carbocycles. The summed E-state index contributed by atoms with van der Waals surface area (Å²) in [5.74, 6) is -1.98. The van der Waals surface area contributed by atoms with E-state index in [0.29, 0.717) is 11.4 Å². The van der Waals surface area contributed by atoms with Crippen molar-refractivity contribution in [1.82, 2.24) is 14.8 Å². The van der Waals surface area contributed by atoms with Gasteiger partial charge in [-0.15, -0.1) is 0 Å². The summed E-state index contributed by atoms with van der Waals surface area (Å²) in [4.78, 5) is 42.4. The number of aromatic nitrogens is 3. The first-order valence-corrected chi connectivity index (χ1v) is 10.0. The summed E-state index contributed by atoms with van der Waals surface area (Å²) in [6.45, 7) is 1.81. The number of carbonyl (C=O) groups excluding carboxylic acids is 3. The van der Waals surface area contributed by atoms with Gasteiger partial charge < -0.3 is 15.5 Å². The van der Waals surface area contributed by atoms with Crippen molar-refractivity contribution in [2.24, 2.45) is 5.92 Å². The van der Waals surface area contributed by atoms with Crippen molar-refractivity contribution >= 4 is 34.8 Å². The van der Waals surface area contributed by atoms with Gasteiger partial charge in [0.15, 0.2) is 0 Å². The minimum atomic E-state index is -0.593. The highest BCUT2D eigenvalue weighted by Crippen LogP contribution is 2.28. The molecule has 0 saturated carbocycles. The van der Waals surface area contributed by atoms with Gasteiger partial charge in [0, 0.05) is 24.3 Å². The van der Waals surface area contributed by atoms with E-state index in [2.05, 4.69) is 20.7 Å². The number of halogens is 1. The monoisotopic (exact) mass is 436 g/mol. The summed E-state index contributed by atoms with van der Waals surface area (Å²) < 4.78 is 15.5. The number of anilines is 3. The Labute approximate surface area is 183 Å². The molecule has 1 saturated heterocycles. The molecule has 2 aromatic carbocycles. The number of nitrogens with one attached hydrogen (secondary N) is 2. The van der Waals surface area contributed by atoms with Crippen LogP contribution in [0.4, 0.5) is 21.5 Å². The van der Waals surface area contributed by atoms with Gasteiger partial charge >= 0.3 is 0 Å². The number of para-hydroxylation sites is 1. The van der Waals surface area contributed by atoms with Crippen molar-refractivity contribution < 1.29 is 18.8 Å². The lowest BCUT2D eigenvalue weighted by Crippen LogP contribution is -2.28. The topological polar surface area (TPSA) is 109 Å². The lowest BCUT2D eigenvalue weighted by Gasteiger charge is -2.17. The minimum Gasteiger partial charge on any atom is -0.326 e. The average Bonchev–Trinajstić information content (AvgIpc) is 3.45. The van der Waals surface area contributed by atoms with Crippen LogP contribution in [0.1, 0.15) is 19.4 Å². The van der Waals surface area contributed by atoms with Gasteiger partial charge in [0.25, 0.3) is 0 Å². The van der Waals surface area contributed by atoms with Crippen LogP contribution in [0.5, 0.6) is 0 Å². The first-order chi connectivity index (χ1) is 15.4. The molecule has 0 radical (unpaired) electrons. The van der Waals surface area contributed by atoms with E-state index < -0.39 is 17.8 Å². The number of amides is 3. The Kier molecular flexibility index (Phi) is 5.93. The van der Waals surface area contributed by atoms with Crippen molar-refractivity contribution in [3.05, 3.63) is 67.0 Å². The van der Waals surface area contributed by atoms with E-state index >= 15 is 0 Å². The van der Waals surface area contributed by atoms with Crippen molar-refractivity contribution in [2.75, 3.05) is 22.1 Å². The molecule has 3 amide bonds. The molecule has 2 unspecified atom stereocenters. The third-order valence-electron chi connectivity index (χ3n) is 5.27. The van der Waals surface area contributed by atoms with Crippen LogP contribution in [0.15, 0.2) is 61.2 Å². The van der Waals surface area contributed by atoms with Crippen LogP contribution in [-0.2, 0) is 14.4 Å². The Balaban J connectivity index is 1.34. The molecule has 164 valence electrons. The van der Waals surface area contributed by atoms with Crippen molar-refractivity contribution in [3.63, 3.8) is 0 Å². The maximum atomic E-state index is 14.0. The number of carbonyl (C=O) groups is 3. The van der Waals surface area contributed by atoms with Gasteiger partial charge in [0.05, 0.1) is 11.6 Å². The van der Waals surface area contributed by atoms with Crippen molar-refractivity contribution in [1.29, 1.82) is 0 Å². The van der Waals surface area contributed by atoms with Crippen molar-refractivity contribution in [3.8, 4) is 0 Å². The van der Waals surface area contributed by atoms with Gasteiger partial charge in [0.1, 0.15) is 24.5 Å². The van der Waals surface area contributed by atoms with Crippen LogP contribution < -0.4 is 15.5 Å². The quantitative estimate of drug-likeness (QED) is 0.617. The predicted octanol–water partition coefficient (Wildman–Crippen LogP) is 2.61. The van der Waals surface area contributed by atoms with E-state index in [-0.39, 0.29) is 36.4 Å². The number of nitrogens with zero attached hydrogens (tertiary/aromatic N) is 4. The maximum absolute atomic E-state index is 14.0. The second-order valence-corrected chi connectivity index (χ2v) is 7.46. The highest BCUT2D eigenvalue weighted by Gasteiger charge is 2.36. The summed E-state index contributed by atoms with van der Waals surface area (Å²) in [6, 6.07) is 12.1. The zero-order valence-corrected chi connectivity index (χ0v) is 17.2. The fourth-order valence-corrected chi connectivity index (χ4v) is 3.45. The lowest BCUT2D eigenvalue weighted by molar-refractivity contribution is -0.122. The number of benzene rings is 2. The molecular formula is C22H21FN6O3. The van der Waals surface area contributed by atoms with Crippen LogP contribution >= 0.6 is 0 Å². The van der Waals surface area contributed by atoms with Crippen LogP contribution in [-0.4, -0.2) is 39.0 Å². The maximum Gasteiger partial charge on any atom is 0.249 e. The second-order valence-electron chi connectivity index (χ2n) is 7.46. The third kappa shape index (κ3) is 4.48. The predicted molar refractivity (Wildman–Crippen MR) is 115 cm³/mol. The molecule has 2 heterocycles. The van der Waals surface area contributed by atoms with Crippen LogP contribution in [0, 0.1) is 11.7 Å². The molecule has 0 bridgehead atoms. The van der Waals surface area contributed by atoms with Gasteiger partial charge in [-0.05, 0) is 43.3 Å². The average molecular weight is 436 g/mol. The summed E-state index contributed by atoms with van der Waals surface area (Å²) in [5, 5.41) is 9.49. The molecule has 3 aromatic rings. The molecular weight excluding hydrogens is 415 g/mol. The third-order valence-corrected chi connectivity index (χ3v) is 5.27. The smallest absolute Gasteiger partial charge is 0.249 e. The molecule has 10 heteroatoms. The van der Waals surface area contributed by atoms with Gasteiger partial charge in [0.2, 0.25) is 17.7 Å². The zero-order chi connectivity index (χ0) is 22.7. The van der Waals surface area contributed by atoms with E-state index in [1.54, 1.807) is 43.3 Å². The Morgan fingerprint density at radius 1 is 1.09 bits per heavy atom. The standard InChI is InChI=1S/C22H21FN6O3/c1-14(29-13-24-12-25-29)21(31)26-16-6-8-17(9-7-16)27-22(32)15-10-20(30)28(11-15)19-5-3-2-4-18(19)23/h2-9,12-15H,10-11H2,1H3,(H,26,31)(H,27,32). The Morgan fingerprint density at radius 2 is 1.78 bits per heavy atom. The largest absolute Gasteiger partial charge is 0.326 e. The minimum absolute atomic E-state index is 0.00841. The first kappa shape index (κ1) is 21.2. The highest BCUT2D eigenvalue weighted by atomic mass is 19.1. The molecule has 1 aliphatic heterocycles. The van der Waals surface area contributed by atoms with E-state index in [1.807, 2.05) is 0 Å². The first-order valence-electron chi connectivity index (χ1n) is 10.0. The van der Waals surface area contributed by atoms with E-state index in [4.69, 9.17) is 0 Å². The molecule has 1 aromatic heterocycles. The molecule has 9 nitrogen and oxygen atoms in total. The number of rotatable bonds is 6. The van der Waals surface area contributed by atoms with E-state index in [0.717, 1.165) is 0 Å². The van der Waals surface area contributed by atoms with Gasteiger partial charge in [-0.3, -0.25) is 14.4 Å². The normalized spacial score (nSPS) is 16.6. The van der Waals surface area contributed by atoms with Gasteiger partial charge in [-0.2, -0.15) is 5.10 Å². The Bertz CT molecular complexity index is 1130. The molecule has 2 atom stereocenters. The second kappa shape index (κ2) is 8.96. The molecule has 32 heavy (non-hydrogen) atoms. The van der Waals surface area contributed by atoms with Crippen LogP contribution in [0.25, 0.3) is 0 Å². The lowest BCUT2D eigenvalue weighted by atomic mass is 10.1. The summed E-state index contributed by atoms with van der Waals surface area (Å²) >= 11 is 0. The van der Waals surface area contributed by atoms with Gasteiger partial charge in [-0.1, -0.05) is 12.1 Å². The molecule has 0 spiro atoms. The summed E-state index contributed by atoms with van der Waals surface area (Å²) in [5.41, 5.74) is 1.25. The van der Waals surface area contributed by atoms with Crippen molar-refractivity contribution in [2.45, 2.75) is 19.4 Å². The SMILES string of the molecule is CC(C(=O)Nc1ccc(NC(=O)C2CC(=O)N(c3ccccc3F)C2)cc1)n1cncn1. The highest BCUT2D eigenvalue weighted by molar-refractivity contribution is 6.03. The van der Waals surface area contributed by atoms with E-state index in [1.165, 1.54) is 34.4 Å². The summed E-state index contributed by atoms with van der Waals surface area (Å²) in [6.07, 6.45) is 2.83.